The van der Waals surface area contributed by atoms with Crippen molar-refractivity contribution in [3.05, 3.63) is 17.5 Å². The fourth-order valence-electron chi connectivity index (χ4n) is 1.45. The minimum Gasteiger partial charge on any atom is -0.481 e. The lowest BCUT2D eigenvalue weighted by atomic mass is 10.0. The van der Waals surface area contributed by atoms with Crippen LogP contribution in [0.25, 0.3) is 0 Å². The molecule has 0 fully saturated rings. The minimum atomic E-state index is -1.19. The van der Waals surface area contributed by atoms with Crippen LogP contribution in [0.5, 0.6) is 0 Å². The second kappa shape index (κ2) is 5.58. The van der Waals surface area contributed by atoms with Gasteiger partial charge in [0.1, 0.15) is 12.1 Å². The van der Waals surface area contributed by atoms with E-state index in [9.17, 15) is 9.59 Å². The van der Waals surface area contributed by atoms with Gasteiger partial charge in [0.25, 0.3) is 0 Å². The average Bonchev–Trinajstić information content (AvgIpc) is 2.63. The molecule has 0 saturated carbocycles. The van der Waals surface area contributed by atoms with Crippen LogP contribution in [0.1, 0.15) is 49.0 Å². The summed E-state index contributed by atoms with van der Waals surface area (Å²) in [6.45, 7) is 4.05. The molecule has 0 amide bonds. The smallest absolute Gasteiger partial charge is 0.311 e. The van der Waals surface area contributed by atoms with E-state index in [1.165, 1.54) is 6.07 Å². The number of nitrogens with two attached hydrogens (primary N) is 1. The number of hydrogen-bond donors (Lipinski definition) is 2. The molecular weight excluding hydrogens is 224 g/mol. The number of aromatic nitrogens is 1. The Labute approximate surface area is 98.8 Å². The van der Waals surface area contributed by atoms with Crippen molar-refractivity contribution in [2.24, 2.45) is 11.7 Å². The highest BCUT2D eigenvalue weighted by atomic mass is 16.5. The number of carbonyl (C=O) groups excluding carboxylic acids is 1. The summed E-state index contributed by atoms with van der Waals surface area (Å²) in [7, 11) is 0. The van der Waals surface area contributed by atoms with Gasteiger partial charge in [-0.2, -0.15) is 0 Å². The van der Waals surface area contributed by atoms with E-state index in [4.69, 9.17) is 15.4 Å². The van der Waals surface area contributed by atoms with Crippen LogP contribution in [0.15, 0.2) is 10.6 Å². The number of carbonyl (C=O) groups is 2. The molecule has 0 spiro atoms. The predicted molar refractivity (Wildman–Crippen MR) is 59.5 cm³/mol. The first-order chi connectivity index (χ1) is 7.90. The van der Waals surface area contributed by atoms with Crippen LogP contribution in [0.2, 0.25) is 0 Å². The van der Waals surface area contributed by atoms with E-state index in [2.05, 4.69) is 5.16 Å². The molecule has 0 aromatic carbocycles. The van der Waals surface area contributed by atoms with Crippen LogP contribution in [0.3, 0.4) is 0 Å². The van der Waals surface area contributed by atoms with Crippen LogP contribution < -0.4 is 5.73 Å². The number of rotatable bonds is 6. The minimum absolute atomic E-state index is 0.0541. The summed E-state index contributed by atoms with van der Waals surface area (Å²) in [6, 6.07) is 1.11. The Morgan fingerprint density at radius 3 is 2.71 bits per heavy atom. The molecule has 1 aromatic heterocycles. The standard InChI is InChI=1S/C11H16N2O4/c1-6(2)3-7(12)8-4-10(17-13-8)9(14)5-11(15)16/h4,6-7H,3,5,12H2,1-2H3,(H,15,16). The van der Waals surface area contributed by atoms with Crippen LogP contribution in [-0.2, 0) is 4.79 Å². The number of aliphatic carboxylic acids is 1. The largest absolute Gasteiger partial charge is 0.481 e. The summed E-state index contributed by atoms with van der Waals surface area (Å²) in [5, 5.41) is 12.2. The molecule has 94 valence electrons. The SMILES string of the molecule is CC(C)CC(N)c1cc(C(=O)CC(=O)O)on1. The third-order valence-electron chi connectivity index (χ3n) is 2.22. The maximum Gasteiger partial charge on any atom is 0.311 e. The van der Waals surface area contributed by atoms with Crippen molar-refractivity contribution in [1.29, 1.82) is 0 Å². The highest BCUT2D eigenvalue weighted by Crippen LogP contribution is 2.19. The molecule has 6 heteroatoms. The summed E-state index contributed by atoms with van der Waals surface area (Å²) >= 11 is 0. The van der Waals surface area contributed by atoms with Gasteiger partial charge in [-0.05, 0) is 12.3 Å². The molecule has 0 aliphatic carbocycles. The lowest BCUT2D eigenvalue weighted by Crippen LogP contribution is -2.13. The Balaban J connectivity index is 2.70. The second-order valence-corrected chi connectivity index (χ2v) is 4.35. The van der Waals surface area contributed by atoms with Gasteiger partial charge < -0.3 is 15.4 Å². The monoisotopic (exact) mass is 240 g/mol. The predicted octanol–water partition coefficient (Wildman–Crippen LogP) is 1.38. The number of Topliss-reactive ketones (excluding diaryl/α,β-unsaturated/α-hetero) is 1. The molecule has 3 N–H and O–H groups in total. The average molecular weight is 240 g/mol. The van der Waals surface area contributed by atoms with Crippen LogP contribution in [0, 0.1) is 5.92 Å². The lowest BCUT2D eigenvalue weighted by Gasteiger charge is -2.09. The maximum absolute atomic E-state index is 11.4. The summed E-state index contributed by atoms with van der Waals surface area (Å²) in [6.07, 6.45) is 0.118. The molecule has 0 aliphatic heterocycles. The zero-order valence-corrected chi connectivity index (χ0v) is 9.84. The Hall–Kier alpha value is -1.69. The van der Waals surface area contributed by atoms with Gasteiger partial charge in [0.2, 0.25) is 11.5 Å². The van der Waals surface area contributed by atoms with Gasteiger partial charge in [0.05, 0.1) is 6.04 Å². The fraction of sp³-hybridized carbons (Fsp3) is 0.545. The number of carboxylic acid groups (broad SMARTS) is 1. The molecular formula is C11H16N2O4. The van der Waals surface area contributed by atoms with Gasteiger partial charge in [-0.3, -0.25) is 9.59 Å². The Morgan fingerprint density at radius 2 is 2.18 bits per heavy atom. The summed E-state index contributed by atoms with van der Waals surface area (Å²) in [4.78, 5) is 21.7. The third kappa shape index (κ3) is 3.99. The molecule has 1 heterocycles. The van der Waals surface area contributed by atoms with E-state index in [0.29, 0.717) is 11.6 Å². The van der Waals surface area contributed by atoms with E-state index in [1.54, 1.807) is 0 Å². The van der Waals surface area contributed by atoms with E-state index in [1.807, 2.05) is 13.8 Å². The van der Waals surface area contributed by atoms with Crippen LogP contribution in [-0.4, -0.2) is 22.0 Å². The van der Waals surface area contributed by atoms with Crippen molar-refractivity contribution < 1.29 is 19.2 Å². The molecule has 17 heavy (non-hydrogen) atoms. The fourth-order valence-corrected chi connectivity index (χ4v) is 1.45. The van der Waals surface area contributed by atoms with E-state index < -0.39 is 18.2 Å². The highest BCUT2D eigenvalue weighted by Gasteiger charge is 2.19. The van der Waals surface area contributed by atoms with Crippen molar-refractivity contribution >= 4 is 11.8 Å². The Bertz CT molecular complexity index is 411. The second-order valence-electron chi connectivity index (χ2n) is 4.35. The van der Waals surface area contributed by atoms with Crippen molar-refractivity contribution in [2.45, 2.75) is 32.7 Å². The molecule has 1 aromatic rings. The van der Waals surface area contributed by atoms with Gasteiger partial charge >= 0.3 is 5.97 Å². The van der Waals surface area contributed by atoms with E-state index in [0.717, 1.165) is 6.42 Å². The molecule has 0 radical (unpaired) electrons. The number of nitrogens with zero attached hydrogens (tertiary/aromatic N) is 1. The van der Waals surface area contributed by atoms with Crippen molar-refractivity contribution in [1.82, 2.24) is 5.16 Å². The topological polar surface area (TPSA) is 106 Å². The van der Waals surface area contributed by atoms with Gasteiger partial charge in [-0.1, -0.05) is 19.0 Å². The van der Waals surface area contributed by atoms with Crippen molar-refractivity contribution in [2.75, 3.05) is 0 Å². The van der Waals surface area contributed by atoms with Crippen LogP contribution in [0.4, 0.5) is 0 Å². The van der Waals surface area contributed by atoms with Crippen molar-refractivity contribution in [3.8, 4) is 0 Å². The first-order valence-electron chi connectivity index (χ1n) is 5.37. The molecule has 0 bridgehead atoms. The summed E-state index contributed by atoms with van der Waals surface area (Å²) in [5.41, 5.74) is 6.34. The maximum atomic E-state index is 11.4. The van der Waals surface area contributed by atoms with E-state index in [-0.39, 0.29) is 11.8 Å². The van der Waals surface area contributed by atoms with Crippen LogP contribution >= 0.6 is 0 Å². The normalized spacial score (nSPS) is 12.7. The number of ketones is 1. The molecule has 0 aliphatic rings. The van der Waals surface area contributed by atoms with Gasteiger partial charge in [0.15, 0.2) is 0 Å². The van der Waals surface area contributed by atoms with Gasteiger partial charge in [0, 0.05) is 6.07 Å². The van der Waals surface area contributed by atoms with Gasteiger partial charge in [-0.15, -0.1) is 0 Å². The molecule has 1 unspecified atom stereocenters. The Morgan fingerprint density at radius 1 is 1.53 bits per heavy atom. The first kappa shape index (κ1) is 13.4. The zero-order valence-electron chi connectivity index (χ0n) is 9.84. The molecule has 0 saturated heterocycles. The van der Waals surface area contributed by atoms with Crippen molar-refractivity contribution in [3.63, 3.8) is 0 Å². The Kier molecular flexibility index (Phi) is 4.39. The number of carboxylic acids is 1. The summed E-state index contributed by atoms with van der Waals surface area (Å²) in [5.74, 6) is -1.45. The zero-order chi connectivity index (χ0) is 13.0. The van der Waals surface area contributed by atoms with Gasteiger partial charge in [-0.25, -0.2) is 0 Å². The lowest BCUT2D eigenvalue weighted by molar-refractivity contribution is -0.135. The highest BCUT2D eigenvalue weighted by molar-refractivity contribution is 6.03. The molecule has 1 atom stereocenters. The molecule has 6 nitrogen and oxygen atoms in total. The molecule has 1 rings (SSSR count). The third-order valence-corrected chi connectivity index (χ3v) is 2.22. The quantitative estimate of drug-likeness (QED) is 0.574. The van der Waals surface area contributed by atoms with E-state index >= 15 is 0 Å². The number of hydrogen-bond acceptors (Lipinski definition) is 5. The first-order valence-corrected chi connectivity index (χ1v) is 5.37. The summed E-state index contributed by atoms with van der Waals surface area (Å²) < 4.78 is 4.79.